The van der Waals surface area contributed by atoms with Crippen molar-refractivity contribution in [1.82, 2.24) is 5.32 Å². The van der Waals surface area contributed by atoms with E-state index in [1.807, 2.05) is 37.3 Å². The van der Waals surface area contributed by atoms with Gasteiger partial charge in [-0.3, -0.25) is 4.79 Å². The number of carbonyl (C=O) groups is 1. The number of hydrogen-bond donors (Lipinski definition) is 2. The zero-order valence-corrected chi connectivity index (χ0v) is 10.5. The molecule has 1 atom stereocenters. The Hall–Kier alpha value is -1.55. The molecule has 1 aromatic carbocycles. The molecule has 0 radical (unpaired) electrons. The van der Waals surface area contributed by atoms with Crippen molar-refractivity contribution in [3.8, 4) is 0 Å². The van der Waals surface area contributed by atoms with Gasteiger partial charge in [-0.25, -0.2) is 0 Å². The van der Waals surface area contributed by atoms with Crippen molar-refractivity contribution in [2.75, 3.05) is 24.5 Å². The summed E-state index contributed by atoms with van der Waals surface area (Å²) in [6.07, 6.45) is 0. The molecule has 0 bridgehead atoms. The number of nitrogens with zero attached hydrogens (tertiary/aromatic N) is 1. The second-order valence-electron chi connectivity index (χ2n) is 3.89. The lowest BCUT2D eigenvalue weighted by atomic mass is 10.2. The first kappa shape index (κ1) is 13.5. The summed E-state index contributed by atoms with van der Waals surface area (Å²) in [5.74, 6) is -0.304. The number of nitrogens with one attached hydrogen (secondary N) is 1. The Morgan fingerprint density at radius 1 is 1.35 bits per heavy atom. The highest BCUT2D eigenvalue weighted by molar-refractivity contribution is 5.80. The van der Waals surface area contributed by atoms with E-state index in [4.69, 9.17) is 5.73 Å². The highest BCUT2D eigenvalue weighted by atomic mass is 16.1. The Balaban J connectivity index is 2.71. The second kappa shape index (κ2) is 6.91. The summed E-state index contributed by atoms with van der Waals surface area (Å²) in [5.41, 5.74) is 6.49. The molecule has 4 nitrogen and oxygen atoms in total. The fraction of sp³-hybridized carbons (Fsp3) is 0.462. The molecule has 0 heterocycles. The van der Waals surface area contributed by atoms with E-state index < -0.39 is 0 Å². The van der Waals surface area contributed by atoms with Crippen LogP contribution in [0.1, 0.15) is 13.8 Å². The average molecular weight is 235 g/mol. The van der Waals surface area contributed by atoms with Gasteiger partial charge < -0.3 is 16.0 Å². The molecule has 0 fully saturated rings. The van der Waals surface area contributed by atoms with Crippen molar-refractivity contribution in [3.05, 3.63) is 30.3 Å². The predicted octanol–water partition coefficient (Wildman–Crippen LogP) is 0.976. The van der Waals surface area contributed by atoms with Gasteiger partial charge in [-0.2, -0.15) is 0 Å². The van der Waals surface area contributed by atoms with Crippen LogP contribution in [0.25, 0.3) is 0 Å². The Kier molecular flexibility index (Phi) is 5.49. The number of hydrogen-bond acceptors (Lipinski definition) is 3. The van der Waals surface area contributed by atoms with Crippen LogP contribution in [0.3, 0.4) is 0 Å². The molecule has 4 heteroatoms. The van der Waals surface area contributed by atoms with Crippen LogP contribution < -0.4 is 16.0 Å². The standard InChI is InChI=1S/C13H21N3O/c1-3-15-12(13(14)17)10-16(4-2)11-8-6-5-7-9-11/h5-9,12,15H,3-4,10H2,1-2H3,(H2,14,17). The van der Waals surface area contributed by atoms with Gasteiger partial charge in [0.15, 0.2) is 0 Å². The zero-order chi connectivity index (χ0) is 12.7. The average Bonchev–Trinajstić information content (AvgIpc) is 2.35. The van der Waals surface area contributed by atoms with Crippen LogP contribution in [0.2, 0.25) is 0 Å². The van der Waals surface area contributed by atoms with Crippen LogP contribution in [0.5, 0.6) is 0 Å². The van der Waals surface area contributed by atoms with Crippen LogP contribution in [0, 0.1) is 0 Å². The first-order chi connectivity index (χ1) is 8.19. The van der Waals surface area contributed by atoms with Crippen molar-refractivity contribution in [1.29, 1.82) is 0 Å². The van der Waals surface area contributed by atoms with Gasteiger partial charge in [0.1, 0.15) is 6.04 Å². The number of amides is 1. The molecule has 3 N–H and O–H groups in total. The molecule has 1 amide bonds. The molecule has 94 valence electrons. The molecule has 0 aromatic heterocycles. The topological polar surface area (TPSA) is 58.4 Å². The zero-order valence-electron chi connectivity index (χ0n) is 10.5. The van der Waals surface area contributed by atoms with E-state index in [1.165, 1.54) is 0 Å². The first-order valence-corrected chi connectivity index (χ1v) is 6.01. The van der Waals surface area contributed by atoms with E-state index in [-0.39, 0.29) is 11.9 Å². The maximum atomic E-state index is 11.3. The summed E-state index contributed by atoms with van der Waals surface area (Å²) < 4.78 is 0. The molecule has 0 aliphatic heterocycles. The molecular formula is C13H21N3O. The van der Waals surface area contributed by atoms with E-state index >= 15 is 0 Å². The lowest BCUT2D eigenvalue weighted by Crippen LogP contribution is -2.49. The molecule has 1 rings (SSSR count). The highest BCUT2D eigenvalue weighted by Crippen LogP contribution is 2.12. The Morgan fingerprint density at radius 2 is 2.00 bits per heavy atom. The summed E-state index contributed by atoms with van der Waals surface area (Å²) in [4.78, 5) is 13.4. The third-order valence-electron chi connectivity index (χ3n) is 2.70. The van der Waals surface area contributed by atoms with Gasteiger partial charge in [0.25, 0.3) is 0 Å². The van der Waals surface area contributed by atoms with Gasteiger partial charge in [0.05, 0.1) is 0 Å². The fourth-order valence-corrected chi connectivity index (χ4v) is 1.78. The van der Waals surface area contributed by atoms with E-state index in [0.717, 1.165) is 18.8 Å². The van der Waals surface area contributed by atoms with E-state index in [0.29, 0.717) is 6.54 Å². The molecule has 0 aliphatic carbocycles. The van der Waals surface area contributed by atoms with Crippen LogP contribution in [-0.4, -0.2) is 31.6 Å². The number of para-hydroxylation sites is 1. The van der Waals surface area contributed by atoms with Gasteiger partial charge in [-0.05, 0) is 25.6 Å². The van der Waals surface area contributed by atoms with E-state index in [1.54, 1.807) is 0 Å². The van der Waals surface area contributed by atoms with E-state index in [2.05, 4.69) is 17.1 Å². The molecule has 0 saturated carbocycles. The molecule has 17 heavy (non-hydrogen) atoms. The molecule has 1 unspecified atom stereocenters. The van der Waals surface area contributed by atoms with Crippen molar-refractivity contribution < 1.29 is 4.79 Å². The largest absolute Gasteiger partial charge is 0.370 e. The minimum absolute atomic E-state index is 0.304. The second-order valence-corrected chi connectivity index (χ2v) is 3.89. The molecule has 0 aliphatic rings. The smallest absolute Gasteiger partial charge is 0.236 e. The third kappa shape index (κ3) is 4.07. The number of carbonyl (C=O) groups excluding carboxylic acids is 1. The summed E-state index contributed by atoms with van der Waals surface area (Å²) in [6.45, 7) is 6.22. The van der Waals surface area contributed by atoms with Crippen molar-refractivity contribution in [3.63, 3.8) is 0 Å². The number of anilines is 1. The van der Waals surface area contributed by atoms with Crippen molar-refractivity contribution in [2.24, 2.45) is 5.73 Å². The Morgan fingerprint density at radius 3 is 2.47 bits per heavy atom. The van der Waals surface area contributed by atoms with Gasteiger partial charge in [-0.15, -0.1) is 0 Å². The lowest BCUT2D eigenvalue weighted by Gasteiger charge is -2.27. The minimum atomic E-state index is -0.305. The highest BCUT2D eigenvalue weighted by Gasteiger charge is 2.17. The Labute approximate surface area is 103 Å². The SMILES string of the molecule is CCNC(CN(CC)c1ccccc1)C(N)=O. The number of benzene rings is 1. The normalized spacial score (nSPS) is 12.1. The number of rotatable bonds is 7. The van der Waals surface area contributed by atoms with Gasteiger partial charge in [0.2, 0.25) is 5.91 Å². The van der Waals surface area contributed by atoms with Crippen molar-refractivity contribution in [2.45, 2.75) is 19.9 Å². The van der Waals surface area contributed by atoms with Crippen LogP contribution >= 0.6 is 0 Å². The first-order valence-electron chi connectivity index (χ1n) is 6.01. The summed E-state index contributed by atoms with van der Waals surface area (Å²) in [7, 11) is 0. The number of likely N-dealkylation sites (N-methyl/N-ethyl adjacent to an activating group) is 2. The quantitative estimate of drug-likeness (QED) is 0.740. The molecular weight excluding hydrogens is 214 g/mol. The number of nitrogens with two attached hydrogens (primary N) is 1. The third-order valence-corrected chi connectivity index (χ3v) is 2.70. The fourth-order valence-electron chi connectivity index (χ4n) is 1.78. The van der Waals surface area contributed by atoms with Crippen molar-refractivity contribution >= 4 is 11.6 Å². The summed E-state index contributed by atoms with van der Waals surface area (Å²) >= 11 is 0. The van der Waals surface area contributed by atoms with E-state index in [9.17, 15) is 4.79 Å². The minimum Gasteiger partial charge on any atom is -0.370 e. The van der Waals surface area contributed by atoms with Crippen LogP contribution in [0.15, 0.2) is 30.3 Å². The summed E-state index contributed by atoms with van der Waals surface area (Å²) in [6, 6.07) is 9.73. The van der Waals surface area contributed by atoms with Gasteiger partial charge in [-0.1, -0.05) is 25.1 Å². The maximum absolute atomic E-state index is 11.3. The molecule has 1 aromatic rings. The molecule has 0 spiro atoms. The summed E-state index contributed by atoms with van der Waals surface area (Å²) in [5, 5.41) is 3.10. The predicted molar refractivity (Wildman–Crippen MR) is 71.0 cm³/mol. The maximum Gasteiger partial charge on any atom is 0.236 e. The lowest BCUT2D eigenvalue weighted by molar-refractivity contribution is -0.119. The van der Waals surface area contributed by atoms with Crippen LogP contribution in [0.4, 0.5) is 5.69 Å². The van der Waals surface area contributed by atoms with Crippen LogP contribution in [-0.2, 0) is 4.79 Å². The number of primary amides is 1. The van der Waals surface area contributed by atoms with Gasteiger partial charge >= 0.3 is 0 Å². The monoisotopic (exact) mass is 235 g/mol. The Bertz CT molecular complexity index is 340. The van der Waals surface area contributed by atoms with Gasteiger partial charge in [0, 0.05) is 18.8 Å². The molecule has 0 saturated heterocycles.